The number of aromatic nitrogens is 1. The largest absolute Gasteiger partial charge is 0.458 e. The summed E-state index contributed by atoms with van der Waals surface area (Å²) in [4.78, 5) is 2.54. The van der Waals surface area contributed by atoms with Gasteiger partial charge >= 0.3 is 0 Å². The van der Waals surface area contributed by atoms with Crippen molar-refractivity contribution in [3.05, 3.63) is 187 Å². The van der Waals surface area contributed by atoms with Crippen molar-refractivity contribution in [1.29, 1.82) is 0 Å². The van der Waals surface area contributed by atoms with Crippen molar-refractivity contribution in [3.63, 3.8) is 0 Å². The van der Waals surface area contributed by atoms with Crippen LogP contribution < -0.4 is 26.0 Å². The van der Waals surface area contributed by atoms with Crippen LogP contribution in [-0.4, -0.2) is 11.3 Å². The Morgan fingerprint density at radius 2 is 0.983 bits per heavy atom. The molecule has 0 bridgehead atoms. The van der Waals surface area contributed by atoms with Crippen molar-refractivity contribution >= 4 is 62.0 Å². The summed E-state index contributed by atoms with van der Waals surface area (Å²) >= 11 is 0. The van der Waals surface area contributed by atoms with E-state index >= 15 is 0 Å². The molecule has 0 spiro atoms. The van der Waals surface area contributed by atoms with Crippen LogP contribution in [0.15, 0.2) is 176 Å². The molecule has 290 valence electrons. The fraction of sp³-hybridized carbons (Fsp3) is 0.143. The Labute approximate surface area is 353 Å². The summed E-state index contributed by atoms with van der Waals surface area (Å²) in [6.07, 6.45) is 0. The zero-order valence-electron chi connectivity index (χ0n) is 35.1. The molecular formula is C56H47BN2O. The lowest BCUT2D eigenvalue weighted by atomic mass is 9.34. The van der Waals surface area contributed by atoms with Gasteiger partial charge in [-0.05, 0) is 91.9 Å². The zero-order chi connectivity index (χ0) is 40.9. The van der Waals surface area contributed by atoms with Crippen LogP contribution in [0.5, 0.6) is 11.5 Å². The third kappa shape index (κ3) is 5.65. The molecule has 0 N–H and O–H groups in total. The van der Waals surface area contributed by atoms with Crippen LogP contribution >= 0.6 is 0 Å². The molecule has 9 aromatic rings. The van der Waals surface area contributed by atoms with Crippen molar-refractivity contribution in [3.8, 4) is 39.4 Å². The lowest BCUT2D eigenvalue weighted by molar-refractivity contribution is 0.487. The molecule has 2 aliphatic heterocycles. The summed E-state index contributed by atoms with van der Waals surface area (Å²) in [5, 5.41) is 2.53. The monoisotopic (exact) mass is 774 g/mol. The number of rotatable bonds is 4. The number of benzene rings is 8. The number of ether oxygens (including phenoxy) is 1. The van der Waals surface area contributed by atoms with Gasteiger partial charge in [-0.2, -0.15) is 0 Å². The van der Waals surface area contributed by atoms with Crippen LogP contribution in [0.2, 0.25) is 0 Å². The van der Waals surface area contributed by atoms with Crippen molar-refractivity contribution in [1.82, 2.24) is 4.57 Å². The van der Waals surface area contributed by atoms with Gasteiger partial charge < -0.3 is 14.2 Å². The summed E-state index contributed by atoms with van der Waals surface area (Å²) < 4.78 is 9.58. The van der Waals surface area contributed by atoms with Crippen LogP contribution in [0, 0.1) is 0 Å². The Balaban J connectivity index is 1.27. The molecule has 4 heteroatoms. The topological polar surface area (TPSA) is 17.4 Å². The Hall–Kier alpha value is -6.78. The van der Waals surface area contributed by atoms with E-state index in [1.165, 1.54) is 77.3 Å². The fourth-order valence-electron chi connectivity index (χ4n) is 9.72. The van der Waals surface area contributed by atoms with Gasteiger partial charge in [0, 0.05) is 39.3 Å². The molecule has 1 aromatic heterocycles. The van der Waals surface area contributed by atoms with Gasteiger partial charge in [-0.1, -0.05) is 169 Å². The summed E-state index contributed by atoms with van der Waals surface area (Å²) in [7, 11) is 0. The van der Waals surface area contributed by atoms with E-state index in [0.717, 1.165) is 28.6 Å². The maximum atomic E-state index is 7.10. The average Bonchev–Trinajstić information content (AvgIpc) is 3.59. The summed E-state index contributed by atoms with van der Waals surface area (Å²) in [5.74, 6) is 1.79. The van der Waals surface area contributed by atoms with E-state index in [4.69, 9.17) is 4.74 Å². The maximum Gasteiger partial charge on any atom is 0.256 e. The predicted octanol–water partition coefficient (Wildman–Crippen LogP) is 13.1. The molecule has 11 rings (SSSR count). The number of fused-ring (bicyclic) bond motifs is 7. The molecule has 0 atom stereocenters. The van der Waals surface area contributed by atoms with Crippen LogP contribution in [0.25, 0.3) is 49.7 Å². The highest BCUT2D eigenvalue weighted by atomic mass is 16.5. The number of nitrogens with zero attached hydrogens (tertiary/aromatic N) is 2. The molecule has 0 aliphatic carbocycles. The van der Waals surface area contributed by atoms with Crippen LogP contribution in [0.1, 0.15) is 52.7 Å². The molecule has 8 aromatic carbocycles. The second kappa shape index (κ2) is 13.4. The average molecular weight is 775 g/mol. The first-order valence-corrected chi connectivity index (χ1v) is 21.2. The van der Waals surface area contributed by atoms with Crippen LogP contribution in [0.3, 0.4) is 0 Å². The zero-order valence-corrected chi connectivity index (χ0v) is 35.1. The highest BCUT2D eigenvalue weighted by molar-refractivity contribution is 6.99. The summed E-state index contributed by atoms with van der Waals surface area (Å²) in [6, 6.07) is 64.9. The Kier molecular flexibility index (Phi) is 8.09. The van der Waals surface area contributed by atoms with E-state index in [2.05, 4.69) is 227 Å². The van der Waals surface area contributed by atoms with E-state index < -0.39 is 0 Å². The molecule has 0 saturated carbocycles. The molecule has 0 unspecified atom stereocenters. The first kappa shape index (κ1) is 36.3. The molecule has 0 radical (unpaired) electrons. The minimum absolute atomic E-state index is 0.00693. The lowest BCUT2D eigenvalue weighted by Crippen LogP contribution is -2.59. The molecule has 0 amide bonds. The standard InChI is InChI=1S/C56H47BN2O/c1-55(2,3)38-28-30-47-43(32-38)44-33-39(56(4,5)6)29-31-48(44)58(47)40-34-50-53-52(35-40)60-51-27-16-14-25-46(51)57(53)45-24-13-15-26-49(45)59(50)54-41(36-18-9-7-10-19-36)22-17-23-42(54)37-20-11-8-12-21-37/h7-35H,1-6H3. The van der Waals surface area contributed by atoms with E-state index in [9.17, 15) is 0 Å². The molecular weight excluding hydrogens is 727 g/mol. The van der Waals surface area contributed by atoms with Gasteiger partial charge in [-0.25, -0.2) is 0 Å². The van der Waals surface area contributed by atoms with Gasteiger partial charge in [-0.3, -0.25) is 0 Å². The smallest absolute Gasteiger partial charge is 0.256 e. The number of para-hydroxylation sites is 3. The van der Waals surface area contributed by atoms with Gasteiger partial charge in [0.2, 0.25) is 0 Å². The Morgan fingerprint density at radius 3 is 1.57 bits per heavy atom. The summed E-state index contributed by atoms with van der Waals surface area (Å²) in [5.41, 5.74) is 17.8. The first-order valence-electron chi connectivity index (χ1n) is 21.2. The number of hydrogen-bond acceptors (Lipinski definition) is 2. The van der Waals surface area contributed by atoms with E-state index in [-0.39, 0.29) is 17.5 Å². The van der Waals surface area contributed by atoms with Gasteiger partial charge in [-0.15, -0.1) is 0 Å². The second-order valence-electron chi connectivity index (χ2n) is 18.6. The molecule has 0 saturated heterocycles. The SMILES string of the molecule is CC(C)(C)c1ccc2c(c1)c1cc(C(C)(C)C)ccc1n2-c1cc2c3c(c1)N(c1c(-c4ccccc4)cccc1-c1ccccc1)c1ccccc1B3c1ccccc1O2. The third-order valence-electron chi connectivity index (χ3n) is 12.8. The molecule has 60 heavy (non-hydrogen) atoms. The third-order valence-corrected chi connectivity index (χ3v) is 12.8. The van der Waals surface area contributed by atoms with Crippen molar-refractivity contribution < 1.29 is 4.74 Å². The van der Waals surface area contributed by atoms with Gasteiger partial charge in [0.05, 0.1) is 22.4 Å². The Bertz CT molecular complexity index is 3020. The van der Waals surface area contributed by atoms with Gasteiger partial charge in [0.1, 0.15) is 11.5 Å². The lowest BCUT2D eigenvalue weighted by Gasteiger charge is -2.41. The van der Waals surface area contributed by atoms with Crippen LogP contribution in [0.4, 0.5) is 17.1 Å². The van der Waals surface area contributed by atoms with Crippen LogP contribution in [-0.2, 0) is 10.8 Å². The summed E-state index contributed by atoms with van der Waals surface area (Å²) in [6.45, 7) is 13.8. The molecule has 2 aliphatic rings. The minimum Gasteiger partial charge on any atom is -0.458 e. The van der Waals surface area contributed by atoms with E-state index in [0.29, 0.717) is 0 Å². The molecule has 3 heterocycles. The second-order valence-corrected chi connectivity index (χ2v) is 18.6. The van der Waals surface area contributed by atoms with Crippen molar-refractivity contribution in [2.75, 3.05) is 4.90 Å². The van der Waals surface area contributed by atoms with Crippen molar-refractivity contribution in [2.45, 2.75) is 52.4 Å². The minimum atomic E-state index is -0.00708. The van der Waals surface area contributed by atoms with Crippen molar-refractivity contribution in [2.24, 2.45) is 0 Å². The number of anilines is 3. The number of hydrogen-bond donors (Lipinski definition) is 0. The first-order chi connectivity index (χ1) is 29.0. The maximum absolute atomic E-state index is 7.10. The highest BCUT2D eigenvalue weighted by Gasteiger charge is 2.43. The molecule has 3 nitrogen and oxygen atoms in total. The molecule has 0 fully saturated rings. The predicted molar refractivity (Wildman–Crippen MR) is 255 cm³/mol. The van der Waals surface area contributed by atoms with Gasteiger partial charge in [0.25, 0.3) is 6.71 Å². The van der Waals surface area contributed by atoms with E-state index in [1.807, 2.05) is 0 Å². The Morgan fingerprint density at radius 1 is 0.450 bits per heavy atom. The van der Waals surface area contributed by atoms with Gasteiger partial charge in [0.15, 0.2) is 0 Å². The highest BCUT2D eigenvalue weighted by Crippen LogP contribution is 2.50. The fourth-order valence-corrected chi connectivity index (χ4v) is 9.72. The van der Waals surface area contributed by atoms with E-state index in [1.54, 1.807) is 0 Å². The quantitative estimate of drug-likeness (QED) is 0.166. The normalized spacial score (nSPS) is 13.2.